The second kappa shape index (κ2) is 10.4. The van der Waals surface area contributed by atoms with Gasteiger partial charge in [-0.2, -0.15) is 0 Å². The molecule has 0 fully saturated rings. The topological polar surface area (TPSA) is 87.3 Å². The Labute approximate surface area is 151 Å². The maximum absolute atomic E-state index is 11.9. The average Bonchev–Trinajstić information content (AvgIpc) is 2.53. The van der Waals surface area contributed by atoms with Gasteiger partial charge in [0.1, 0.15) is 0 Å². The molecular weight excluding hydrogens is 338 g/mol. The summed E-state index contributed by atoms with van der Waals surface area (Å²) in [5.74, 6) is 0.637. The third-order valence-electron chi connectivity index (χ3n) is 3.94. The Morgan fingerprint density at radius 3 is 2.20 bits per heavy atom. The number of hydrogen-bond acceptors (Lipinski definition) is 3. The molecule has 2 amide bonds. The first-order valence-electron chi connectivity index (χ1n) is 8.75. The minimum absolute atomic E-state index is 0.0500. The molecule has 1 atom stereocenters. The van der Waals surface area contributed by atoms with Crippen LogP contribution in [0.3, 0.4) is 0 Å². The molecule has 142 valence electrons. The first-order valence-corrected chi connectivity index (χ1v) is 10.4. The van der Waals surface area contributed by atoms with Crippen molar-refractivity contribution in [3.05, 3.63) is 35.4 Å². The highest BCUT2D eigenvalue weighted by Crippen LogP contribution is 2.09. The van der Waals surface area contributed by atoms with Crippen LogP contribution >= 0.6 is 0 Å². The smallest absolute Gasteiger partial charge is 0.315 e. The quantitative estimate of drug-likeness (QED) is 0.593. The van der Waals surface area contributed by atoms with Crippen LogP contribution in [0.25, 0.3) is 0 Å². The van der Waals surface area contributed by atoms with E-state index in [0.717, 1.165) is 18.4 Å². The highest BCUT2D eigenvalue weighted by molar-refractivity contribution is 7.88. The van der Waals surface area contributed by atoms with Gasteiger partial charge in [-0.1, -0.05) is 51.0 Å². The summed E-state index contributed by atoms with van der Waals surface area (Å²) in [6.45, 7) is 6.81. The maximum Gasteiger partial charge on any atom is 0.315 e. The lowest BCUT2D eigenvalue weighted by Gasteiger charge is -2.15. The van der Waals surface area contributed by atoms with Crippen LogP contribution in [0.4, 0.5) is 4.79 Å². The Morgan fingerprint density at radius 1 is 1.04 bits per heavy atom. The average molecular weight is 370 g/mol. The van der Waals surface area contributed by atoms with E-state index in [9.17, 15) is 13.2 Å². The summed E-state index contributed by atoms with van der Waals surface area (Å²) in [7, 11) is -1.87. The molecule has 0 radical (unpaired) electrons. The molecule has 0 aliphatic heterocycles. The second-order valence-corrected chi connectivity index (χ2v) is 8.76. The van der Waals surface area contributed by atoms with E-state index in [2.05, 4.69) is 29.2 Å². The molecule has 0 bridgehead atoms. The summed E-state index contributed by atoms with van der Waals surface area (Å²) in [6.07, 6.45) is 3.25. The Balaban J connectivity index is 2.36. The Morgan fingerprint density at radius 2 is 1.64 bits per heavy atom. The van der Waals surface area contributed by atoms with Gasteiger partial charge in [-0.05, 0) is 37.4 Å². The van der Waals surface area contributed by atoms with Gasteiger partial charge in [0.2, 0.25) is 10.0 Å². The fourth-order valence-electron chi connectivity index (χ4n) is 2.41. The zero-order chi connectivity index (χ0) is 18.9. The number of sulfonamides is 1. The van der Waals surface area contributed by atoms with Gasteiger partial charge < -0.3 is 10.6 Å². The minimum Gasteiger partial charge on any atom is -0.336 e. The molecule has 0 saturated carbocycles. The maximum atomic E-state index is 11.9. The van der Waals surface area contributed by atoms with Crippen molar-refractivity contribution >= 4 is 16.1 Å². The van der Waals surface area contributed by atoms with Crippen LogP contribution < -0.4 is 15.4 Å². The Hall–Kier alpha value is -1.60. The Kier molecular flexibility index (Phi) is 8.92. The highest BCUT2D eigenvalue weighted by atomic mass is 32.2. The number of nitrogens with one attached hydrogen (secondary N) is 3. The number of carbonyl (C=O) groups is 1. The van der Waals surface area contributed by atoms with Gasteiger partial charge in [-0.25, -0.2) is 17.9 Å². The van der Waals surface area contributed by atoms with E-state index in [-0.39, 0.29) is 17.8 Å². The van der Waals surface area contributed by atoms with Crippen molar-refractivity contribution in [1.29, 1.82) is 0 Å². The third kappa shape index (κ3) is 9.45. The first-order chi connectivity index (χ1) is 11.7. The summed E-state index contributed by atoms with van der Waals surface area (Å²) in [4.78, 5) is 11.9. The normalized spacial score (nSPS) is 12.8. The van der Waals surface area contributed by atoms with E-state index < -0.39 is 10.0 Å². The van der Waals surface area contributed by atoms with Gasteiger partial charge >= 0.3 is 6.03 Å². The summed E-state index contributed by atoms with van der Waals surface area (Å²) in [6, 6.07) is 7.14. The van der Waals surface area contributed by atoms with E-state index in [0.29, 0.717) is 18.0 Å². The van der Waals surface area contributed by atoms with Crippen LogP contribution in [-0.2, 0) is 22.3 Å². The number of carbonyl (C=O) groups excluding carboxylic acids is 1. The third-order valence-corrected chi connectivity index (χ3v) is 5.28. The molecule has 0 aliphatic carbocycles. The van der Waals surface area contributed by atoms with Gasteiger partial charge in [-0.15, -0.1) is 0 Å². The van der Waals surface area contributed by atoms with Crippen LogP contribution in [0.15, 0.2) is 24.3 Å². The lowest BCUT2D eigenvalue weighted by atomic mass is 10.0. The molecule has 1 aromatic carbocycles. The van der Waals surface area contributed by atoms with E-state index in [4.69, 9.17) is 0 Å². The van der Waals surface area contributed by atoms with Crippen molar-refractivity contribution in [3.63, 3.8) is 0 Å². The number of hydrogen-bond donors (Lipinski definition) is 3. The zero-order valence-corrected chi connectivity index (χ0v) is 16.4. The van der Waals surface area contributed by atoms with Crippen molar-refractivity contribution < 1.29 is 13.2 Å². The van der Waals surface area contributed by atoms with Gasteiger partial charge in [0.25, 0.3) is 0 Å². The summed E-state index contributed by atoms with van der Waals surface area (Å²) < 4.78 is 25.3. The SMILES string of the molecule is CNS(=O)(=O)Cc1ccc(CNC(=O)NC(C)CCCC(C)C)cc1. The largest absolute Gasteiger partial charge is 0.336 e. The molecule has 7 heteroatoms. The number of urea groups is 1. The predicted octanol–water partition coefficient (Wildman–Crippen LogP) is 2.75. The van der Waals surface area contributed by atoms with Crippen molar-refractivity contribution in [2.75, 3.05) is 7.05 Å². The molecule has 0 aromatic heterocycles. The summed E-state index contributed by atoms with van der Waals surface area (Å²) in [5.41, 5.74) is 1.63. The molecule has 1 aromatic rings. The van der Waals surface area contributed by atoms with Crippen LogP contribution in [0.5, 0.6) is 0 Å². The minimum atomic E-state index is -3.27. The molecule has 0 heterocycles. The van der Waals surface area contributed by atoms with Crippen molar-refractivity contribution in [2.45, 2.75) is 58.4 Å². The van der Waals surface area contributed by atoms with Crippen molar-refractivity contribution in [1.82, 2.24) is 15.4 Å². The fourth-order valence-corrected chi connectivity index (χ4v) is 3.18. The van der Waals surface area contributed by atoms with E-state index in [1.54, 1.807) is 12.1 Å². The van der Waals surface area contributed by atoms with Crippen LogP contribution in [0, 0.1) is 5.92 Å². The highest BCUT2D eigenvalue weighted by Gasteiger charge is 2.09. The van der Waals surface area contributed by atoms with Crippen molar-refractivity contribution in [2.24, 2.45) is 5.92 Å². The predicted molar refractivity (Wildman–Crippen MR) is 102 cm³/mol. The molecular formula is C18H31N3O3S. The van der Waals surface area contributed by atoms with Gasteiger partial charge in [0.15, 0.2) is 0 Å². The Bertz CT molecular complexity index is 627. The lowest BCUT2D eigenvalue weighted by molar-refractivity contribution is 0.236. The zero-order valence-electron chi connectivity index (χ0n) is 15.6. The van der Waals surface area contributed by atoms with E-state index >= 15 is 0 Å². The molecule has 6 nitrogen and oxygen atoms in total. The van der Waals surface area contributed by atoms with E-state index in [1.165, 1.54) is 13.5 Å². The molecule has 25 heavy (non-hydrogen) atoms. The molecule has 0 spiro atoms. The second-order valence-electron chi connectivity index (χ2n) is 6.83. The monoisotopic (exact) mass is 369 g/mol. The molecule has 0 saturated heterocycles. The van der Waals surface area contributed by atoms with Crippen LogP contribution in [-0.4, -0.2) is 27.5 Å². The summed E-state index contributed by atoms with van der Waals surface area (Å²) >= 11 is 0. The first kappa shape index (κ1) is 21.4. The lowest BCUT2D eigenvalue weighted by Crippen LogP contribution is -2.40. The van der Waals surface area contributed by atoms with Crippen molar-refractivity contribution in [3.8, 4) is 0 Å². The van der Waals surface area contributed by atoms with Gasteiger partial charge in [0, 0.05) is 12.6 Å². The molecule has 1 rings (SSSR count). The summed E-state index contributed by atoms with van der Waals surface area (Å²) in [5, 5.41) is 5.76. The van der Waals surface area contributed by atoms with Crippen LogP contribution in [0.2, 0.25) is 0 Å². The van der Waals surface area contributed by atoms with Gasteiger partial charge in [0.05, 0.1) is 5.75 Å². The number of amides is 2. The van der Waals surface area contributed by atoms with Crippen LogP contribution in [0.1, 0.15) is 51.2 Å². The molecule has 0 aliphatic rings. The van der Waals surface area contributed by atoms with Gasteiger partial charge in [-0.3, -0.25) is 0 Å². The fraction of sp³-hybridized carbons (Fsp3) is 0.611. The van der Waals surface area contributed by atoms with E-state index in [1.807, 2.05) is 19.1 Å². The number of rotatable bonds is 10. The standard InChI is InChI=1S/C18H31N3O3S/c1-14(2)6-5-7-15(3)21-18(22)20-12-16-8-10-17(11-9-16)13-25(23,24)19-4/h8-11,14-15,19H,5-7,12-13H2,1-4H3,(H2,20,21,22). The number of benzene rings is 1. The molecule has 3 N–H and O–H groups in total. The molecule has 1 unspecified atom stereocenters.